The van der Waals surface area contributed by atoms with Crippen molar-refractivity contribution < 1.29 is 0 Å². The van der Waals surface area contributed by atoms with Gasteiger partial charge in [0.05, 0.1) is 0 Å². The average Bonchev–Trinajstić information content (AvgIpc) is 2.41. The standard InChI is InChI=1S/C11H17N3/c1-8(2)10-13-7-9-5-3-4-6-12-11(9)14-10/h7-8H,3-6H2,1-2H3,(H,12,13,14). The molecule has 0 fully saturated rings. The van der Waals surface area contributed by atoms with Crippen molar-refractivity contribution in [1.82, 2.24) is 9.97 Å². The first-order valence-corrected chi connectivity index (χ1v) is 5.37. The molecule has 2 heterocycles. The number of aromatic nitrogens is 2. The Hall–Kier alpha value is -1.12. The molecule has 0 unspecified atom stereocenters. The molecule has 0 spiro atoms. The second-order valence-electron chi connectivity index (χ2n) is 4.14. The SMILES string of the molecule is CC(C)c1ncc2c(n1)NCCCC2. The second kappa shape index (κ2) is 3.95. The molecule has 0 bridgehead atoms. The maximum atomic E-state index is 4.55. The highest BCUT2D eigenvalue weighted by Crippen LogP contribution is 2.20. The molecule has 1 aliphatic rings. The third-order valence-corrected chi connectivity index (χ3v) is 2.56. The van der Waals surface area contributed by atoms with Crippen LogP contribution < -0.4 is 5.32 Å². The van der Waals surface area contributed by atoms with Gasteiger partial charge >= 0.3 is 0 Å². The molecule has 76 valence electrons. The van der Waals surface area contributed by atoms with Crippen LogP contribution in [0.4, 0.5) is 5.82 Å². The van der Waals surface area contributed by atoms with Gasteiger partial charge in [0.15, 0.2) is 0 Å². The molecule has 0 aliphatic carbocycles. The quantitative estimate of drug-likeness (QED) is 0.740. The number of nitrogens with one attached hydrogen (secondary N) is 1. The Kier molecular flexibility index (Phi) is 2.66. The summed E-state index contributed by atoms with van der Waals surface area (Å²) in [5.74, 6) is 2.41. The molecule has 0 aromatic carbocycles. The molecule has 2 rings (SSSR count). The number of rotatable bonds is 1. The fourth-order valence-electron chi connectivity index (χ4n) is 1.68. The maximum absolute atomic E-state index is 4.55. The molecular weight excluding hydrogens is 174 g/mol. The zero-order valence-electron chi connectivity index (χ0n) is 8.88. The summed E-state index contributed by atoms with van der Waals surface area (Å²) in [6, 6.07) is 0. The summed E-state index contributed by atoms with van der Waals surface area (Å²) in [6.45, 7) is 5.29. The van der Waals surface area contributed by atoms with Crippen molar-refractivity contribution in [1.29, 1.82) is 0 Å². The van der Waals surface area contributed by atoms with Crippen LogP contribution in [0.15, 0.2) is 6.20 Å². The van der Waals surface area contributed by atoms with Crippen LogP contribution >= 0.6 is 0 Å². The van der Waals surface area contributed by atoms with E-state index in [1.165, 1.54) is 18.4 Å². The molecule has 3 heteroatoms. The highest BCUT2D eigenvalue weighted by Gasteiger charge is 2.11. The van der Waals surface area contributed by atoms with E-state index in [-0.39, 0.29) is 0 Å². The number of hydrogen-bond acceptors (Lipinski definition) is 3. The Labute approximate surface area is 85.0 Å². The van der Waals surface area contributed by atoms with Gasteiger partial charge in [-0.1, -0.05) is 13.8 Å². The van der Waals surface area contributed by atoms with Gasteiger partial charge < -0.3 is 5.32 Å². The molecule has 1 aromatic rings. The smallest absolute Gasteiger partial charge is 0.133 e. The minimum Gasteiger partial charge on any atom is -0.370 e. The first kappa shape index (κ1) is 9.44. The van der Waals surface area contributed by atoms with Crippen LogP contribution in [0.5, 0.6) is 0 Å². The van der Waals surface area contributed by atoms with Gasteiger partial charge in [-0.05, 0) is 19.3 Å². The van der Waals surface area contributed by atoms with E-state index >= 15 is 0 Å². The van der Waals surface area contributed by atoms with Gasteiger partial charge in [0.1, 0.15) is 11.6 Å². The second-order valence-corrected chi connectivity index (χ2v) is 4.14. The largest absolute Gasteiger partial charge is 0.370 e. The molecule has 1 N–H and O–H groups in total. The Morgan fingerprint density at radius 2 is 2.21 bits per heavy atom. The van der Waals surface area contributed by atoms with Crippen molar-refractivity contribution in [2.75, 3.05) is 11.9 Å². The van der Waals surface area contributed by atoms with E-state index in [0.29, 0.717) is 5.92 Å². The number of anilines is 1. The average molecular weight is 191 g/mol. The lowest BCUT2D eigenvalue weighted by molar-refractivity contribution is 0.764. The Morgan fingerprint density at radius 1 is 1.36 bits per heavy atom. The van der Waals surface area contributed by atoms with E-state index in [4.69, 9.17) is 0 Å². The van der Waals surface area contributed by atoms with Crippen LogP contribution in [-0.4, -0.2) is 16.5 Å². The molecule has 1 aromatic heterocycles. The van der Waals surface area contributed by atoms with Gasteiger partial charge in [-0.15, -0.1) is 0 Å². The molecule has 0 saturated carbocycles. The monoisotopic (exact) mass is 191 g/mol. The molecule has 0 atom stereocenters. The van der Waals surface area contributed by atoms with E-state index in [1.807, 2.05) is 6.20 Å². The minimum atomic E-state index is 0.408. The lowest BCUT2D eigenvalue weighted by Gasteiger charge is -2.09. The molecule has 3 nitrogen and oxygen atoms in total. The Balaban J connectivity index is 2.32. The minimum absolute atomic E-state index is 0.408. The van der Waals surface area contributed by atoms with E-state index in [2.05, 4.69) is 29.1 Å². The van der Waals surface area contributed by atoms with Crippen molar-refractivity contribution in [3.63, 3.8) is 0 Å². The van der Waals surface area contributed by atoms with Crippen molar-refractivity contribution in [2.24, 2.45) is 0 Å². The van der Waals surface area contributed by atoms with Crippen molar-refractivity contribution in [3.8, 4) is 0 Å². The summed E-state index contributed by atoms with van der Waals surface area (Å²) in [5, 5.41) is 3.37. The van der Waals surface area contributed by atoms with Crippen LogP contribution in [0, 0.1) is 0 Å². The van der Waals surface area contributed by atoms with Crippen LogP contribution in [0.2, 0.25) is 0 Å². The summed E-state index contributed by atoms with van der Waals surface area (Å²) in [5.41, 5.74) is 1.27. The van der Waals surface area contributed by atoms with E-state index in [0.717, 1.165) is 24.6 Å². The molecule has 1 aliphatic heterocycles. The number of hydrogen-bond donors (Lipinski definition) is 1. The fraction of sp³-hybridized carbons (Fsp3) is 0.636. The van der Waals surface area contributed by atoms with Gasteiger partial charge in [-0.25, -0.2) is 9.97 Å². The predicted molar refractivity (Wildman–Crippen MR) is 57.5 cm³/mol. The summed E-state index contributed by atoms with van der Waals surface area (Å²) < 4.78 is 0. The topological polar surface area (TPSA) is 37.8 Å². The zero-order valence-corrected chi connectivity index (χ0v) is 8.88. The first-order chi connectivity index (χ1) is 6.77. The first-order valence-electron chi connectivity index (χ1n) is 5.37. The number of aryl methyl sites for hydroxylation is 1. The molecule has 14 heavy (non-hydrogen) atoms. The van der Waals surface area contributed by atoms with Gasteiger partial charge in [-0.3, -0.25) is 0 Å². The van der Waals surface area contributed by atoms with Gasteiger partial charge in [0, 0.05) is 24.2 Å². The zero-order chi connectivity index (χ0) is 9.97. The van der Waals surface area contributed by atoms with E-state index < -0.39 is 0 Å². The maximum Gasteiger partial charge on any atom is 0.133 e. The van der Waals surface area contributed by atoms with E-state index in [1.54, 1.807) is 0 Å². The predicted octanol–water partition coefficient (Wildman–Crippen LogP) is 2.35. The van der Waals surface area contributed by atoms with E-state index in [9.17, 15) is 0 Å². The van der Waals surface area contributed by atoms with Crippen LogP contribution in [0.1, 0.15) is 44.0 Å². The molecular formula is C11H17N3. The summed E-state index contributed by atoms with van der Waals surface area (Å²) in [6.07, 6.45) is 5.56. The highest BCUT2D eigenvalue weighted by atomic mass is 15.0. The van der Waals surface area contributed by atoms with Gasteiger partial charge in [-0.2, -0.15) is 0 Å². The van der Waals surface area contributed by atoms with Crippen LogP contribution in [-0.2, 0) is 6.42 Å². The van der Waals surface area contributed by atoms with Crippen molar-refractivity contribution in [3.05, 3.63) is 17.6 Å². The number of fused-ring (bicyclic) bond motifs is 1. The lowest BCUT2D eigenvalue weighted by Crippen LogP contribution is -2.06. The van der Waals surface area contributed by atoms with Crippen molar-refractivity contribution >= 4 is 5.82 Å². The molecule has 0 saturated heterocycles. The Morgan fingerprint density at radius 3 is 3.00 bits per heavy atom. The normalized spacial score (nSPS) is 15.9. The van der Waals surface area contributed by atoms with Gasteiger partial charge in [0.25, 0.3) is 0 Å². The van der Waals surface area contributed by atoms with Crippen molar-refractivity contribution in [2.45, 2.75) is 39.0 Å². The fourth-order valence-corrected chi connectivity index (χ4v) is 1.68. The summed E-state index contributed by atoms with van der Waals surface area (Å²) >= 11 is 0. The third kappa shape index (κ3) is 1.86. The van der Waals surface area contributed by atoms with Crippen LogP contribution in [0.25, 0.3) is 0 Å². The highest BCUT2D eigenvalue weighted by molar-refractivity contribution is 5.44. The number of nitrogens with zero attached hydrogens (tertiary/aromatic N) is 2. The van der Waals surface area contributed by atoms with Gasteiger partial charge in [0.2, 0.25) is 0 Å². The summed E-state index contributed by atoms with van der Waals surface area (Å²) in [4.78, 5) is 8.93. The molecule has 0 radical (unpaired) electrons. The Bertz CT molecular complexity index is 320. The molecule has 0 amide bonds. The lowest BCUT2D eigenvalue weighted by atomic mass is 10.1. The third-order valence-electron chi connectivity index (χ3n) is 2.56. The summed E-state index contributed by atoms with van der Waals surface area (Å²) in [7, 11) is 0. The van der Waals surface area contributed by atoms with Crippen LogP contribution in [0.3, 0.4) is 0 Å².